The molecule has 0 bridgehead atoms. The molecule has 0 aliphatic rings. The number of benzene rings is 1. The molecule has 0 aliphatic carbocycles. The number of hydrogen-bond acceptors (Lipinski definition) is 3. The maximum absolute atomic E-state index is 11.6. The van der Waals surface area contributed by atoms with Crippen molar-refractivity contribution in [1.82, 2.24) is 0 Å². The predicted molar refractivity (Wildman–Crippen MR) is 81.2 cm³/mol. The number of rotatable bonds is 4. The van der Waals surface area contributed by atoms with E-state index in [1.54, 1.807) is 30.3 Å². The average molecular weight is 277 g/mol. The first kappa shape index (κ1) is 16.1. The van der Waals surface area contributed by atoms with E-state index in [1.807, 2.05) is 34.6 Å². The van der Waals surface area contributed by atoms with Crippen LogP contribution in [0.25, 0.3) is 0 Å². The van der Waals surface area contributed by atoms with Gasteiger partial charge in [0.15, 0.2) is 0 Å². The van der Waals surface area contributed by atoms with Crippen LogP contribution in [-0.2, 0) is 4.74 Å². The second kappa shape index (κ2) is 5.99. The van der Waals surface area contributed by atoms with Gasteiger partial charge in [0.25, 0.3) is 0 Å². The molecule has 110 valence electrons. The van der Waals surface area contributed by atoms with Gasteiger partial charge in [-0.25, -0.2) is 4.79 Å². The molecule has 4 nitrogen and oxygen atoms in total. The van der Waals surface area contributed by atoms with Crippen molar-refractivity contribution in [1.29, 1.82) is 0 Å². The van der Waals surface area contributed by atoms with Crippen LogP contribution in [0.1, 0.15) is 34.6 Å². The maximum Gasteiger partial charge on any atom is 0.412 e. The van der Waals surface area contributed by atoms with Crippen LogP contribution in [0.5, 0.6) is 5.75 Å². The van der Waals surface area contributed by atoms with Crippen LogP contribution in [0.4, 0.5) is 10.5 Å². The molecule has 0 saturated carbocycles. The van der Waals surface area contributed by atoms with E-state index in [0.717, 1.165) is 0 Å². The minimum atomic E-state index is -0.513. The molecule has 0 spiro atoms. The lowest BCUT2D eigenvalue weighted by Crippen LogP contribution is -2.27. The quantitative estimate of drug-likeness (QED) is 0.831. The molecule has 0 heterocycles. The normalized spacial score (nSPS) is 11.7. The number of carbonyl (C=O) groups excluding carboxylic acids is 1. The van der Waals surface area contributed by atoms with Gasteiger partial charge in [-0.1, -0.05) is 6.58 Å². The molecule has 0 radical (unpaired) electrons. The zero-order valence-electron chi connectivity index (χ0n) is 12.8. The summed E-state index contributed by atoms with van der Waals surface area (Å²) in [5, 5.41) is 2.67. The molecule has 0 unspecified atom stereocenters. The Labute approximate surface area is 120 Å². The number of amides is 1. The maximum atomic E-state index is 11.6. The Bertz CT molecular complexity index is 469. The molecule has 0 aliphatic heterocycles. The highest BCUT2D eigenvalue weighted by Gasteiger charge is 2.17. The van der Waals surface area contributed by atoms with Gasteiger partial charge in [-0.2, -0.15) is 0 Å². The number of nitrogens with one attached hydrogen (secondary N) is 1. The molecule has 0 aromatic heterocycles. The van der Waals surface area contributed by atoms with Crippen molar-refractivity contribution < 1.29 is 14.3 Å². The summed E-state index contributed by atoms with van der Waals surface area (Å²) in [6.07, 6.45) is 1.26. The number of ether oxygens (including phenoxy) is 2. The van der Waals surface area contributed by atoms with Crippen molar-refractivity contribution in [3.8, 4) is 5.75 Å². The molecule has 0 atom stereocenters. The molecule has 1 rings (SSSR count). The minimum Gasteiger partial charge on any atom is -0.484 e. The standard InChI is InChI=1S/C16H23NO3/c1-7-16(5,6)19-13-10-8-12(9-11-13)17-14(18)20-15(2,3)4/h7-11H,1H2,2-6H3,(H,17,18). The van der Waals surface area contributed by atoms with E-state index in [4.69, 9.17) is 9.47 Å². The van der Waals surface area contributed by atoms with Crippen molar-refractivity contribution in [2.45, 2.75) is 45.8 Å². The van der Waals surface area contributed by atoms with Crippen LogP contribution < -0.4 is 10.1 Å². The summed E-state index contributed by atoms with van der Waals surface area (Å²) in [4.78, 5) is 11.6. The minimum absolute atomic E-state index is 0.430. The Morgan fingerprint density at radius 3 is 2.15 bits per heavy atom. The fourth-order valence-electron chi connectivity index (χ4n) is 1.37. The monoisotopic (exact) mass is 277 g/mol. The molecular weight excluding hydrogens is 254 g/mol. The lowest BCUT2D eigenvalue weighted by atomic mass is 10.1. The van der Waals surface area contributed by atoms with Gasteiger partial charge in [-0.05, 0) is 65.0 Å². The largest absolute Gasteiger partial charge is 0.484 e. The fourth-order valence-corrected chi connectivity index (χ4v) is 1.37. The van der Waals surface area contributed by atoms with Gasteiger partial charge in [0.2, 0.25) is 0 Å². The summed E-state index contributed by atoms with van der Waals surface area (Å²) in [6.45, 7) is 13.0. The van der Waals surface area contributed by atoms with Crippen molar-refractivity contribution >= 4 is 11.8 Å². The fraction of sp³-hybridized carbons (Fsp3) is 0.438. The molecule has 1 N–H and O–H groups in total. The summed E-state index contributed by atoms with van der Waals surface area (Å²) in [5.41, 5.74) is -0.288. The van der Waals surface area contributed by atoms with E-state index < -0.39 is 17.3 Å². The van der Waals surface area contributed by atoms with E-state index in [1.165, 1.54) is 0 Å². The number of carbonyl (C=O) groups is 1. The van der Waals surface area contributed by atoms with Gasteiger partial charge in [-0.3, -0.25) is 5.32 Å². The van der Waals surface area contributed by atoms with Gasteiger partial charge in [0.1, 0.15) is 17.0 Å². The molecule has 1 aromatic rings. The molecule has 0 saturated heterocycles. The van der Waals surface area contributed by atoms with Gasteiger partial charge >= 0.3 is 6.09 Å². The average Bonchev–Trinajstić information content (AvgIpc) is 2.29. The van der Waals surface area contributed by atoms with E-state index in [0.29, 0.717) is 11.4 Å². The second-order valence-electron chi connectivity index (χ2n) is 6.06. The summed E-state index contributed by atoms with van der Waals surface area (Å²) in [6, 6.07) is 7.10. The molecular formula is C16H23NO3. The van der Waals surface area contributed by atoms with E-state index in [2.05, 4.69) is 11.9 Å². The Kier molecular flexibility index (Phi) is 4.82. The second-order valence-corrected chi connectivity index (χ2v) is 6.06. The third kappa shape index (κ3) is 5.78. The van der Waals surface area contributed by atoms with Crippen molar-refractivity contribution in [3.63, 3.8) is 0 Å². The highest BCUT2D eigenvalue weighted by atomic mass is 16.6. The zero-order valence-corrected chi connectivity index (χ0v) is 12.8. The predicted octanol–water partition coefficient (Wildman–Crippen LogP) is 4.38. The highest BCUT2D eigenvalue weighted by molar-refractivity contribution is 5.84. The highest BCUT2D eigenvalue weighted by Crippen LogP contribution is 2.21. The molecule has 4 heteroatoms. The van der Waals surface area contributed by atoms with Gasteiger partial charge in [0.05, 0.1) is 0 Å². The summed E-state index contributed by atoms with van der Waals surface area (Å²) >= 11 is 0. The lowest BCUT2D eigenvalue weighted by molar-refractivity contribution is 0.0636. The van der Waals surface area contributed by atoms with E-state index >= 15 is 0 Å². The first-order valence-corrected chi connectivity index (χ1v) is 6.54. The van der Waals surface area contributed by atoms with Crippen LogP contribution in [0.3, 0.4) is 0 Å². The van der Waals surface area contributed by atoms with E-state index in [9.17, 15) is 4.79 Å². The third-order valence-electron chi connectivity index (χ3n) is 2.37. The van der Waals surface area contributed by atoms with Crippen LogP contribution in [0.15, 0.2) is 36.9 Å². The lowest BCUT2D eigenvalue weighted by Gasteiger charge is -2.22. The van der Waals surface area contributed by atoms with Crippen LogP contribution in [0, 0.1) is 0 Å². The SMILES string of the molecule is C=CC(C)(C)Oc1ccc(NC(=O)OC(C)(C)C)cc1. The third-order valence-corrected chi connectivity index (χ3v) is 2.37. The Balaban J connectivity index is 2.63. The summed E-state index contributed by atoms with van der Waals surface area (Å²) < 4.78 is 10.9. The topological polar surface area (TPSA) is 47.6 Å². The van der Waals surface area contributed by atoms with Crippen LogP contribution in [-0.4, -0.2) is 17.3 Å². The van der Waals surface area contributed by atoms with E-state index in [-0.39, 0.29) is 0 Å². The van der Waals surface area contributed by atoms with Crippen LogP contribution >= 0.6 is 0 Å². The first-order chi connectivity index (χ1) is 9.11. The number of anilines is 1. The molecule has 1 amide bonds. The van der Waals surface area contributed by atoms with Gasteiger partial charge in [0, 0.05) is 5.69 Å². The van der Waals surface area contributed by atoms with Crippen molar-refractivity contribution in [2.75, 3.05) is 5.32 Å². The first-order valence-electron chi connectivity index (χ1n) is 6.54. The van der Waals surface area contributed by atoms with Crippen molar-refractivity contribution in [3.05, 3.63) is 36.9 Å². The smallest absolute Gasteiger partial charge is 0.412 e. The molecule has 1 aromatic carbocycles. The van der Waals surface area contributed by atoms with Crippen molar-refractivity contribution in [2.24, 2.45) is 0 Å². The van der Waals surface area contributed by atoms with Gasteiger partial charge in [-0.15, -0.1) is 0 Å². The summed E-state index contributed by atoms with van der Waals surface area (Å²) in [5.74, 6) is 0.713. The zero-order chi connectivity index (χ0) is 15.4. The molecule has 20 heavy (non-hydrogen) atoms. The van der Waals surface area contributed by atoms with Crippen LogP contribution in [0.2, 0.25) is 0 Å². The molecule has 0 fully saturated rings. The van der Waals surface area contributed by atoms with Gasteiger partial charge < -0.3 is 9.47 Å². The summed E-state index contributed by atoms with van der Waals surface area (Å²) in [7, 11) is 0. The Hall–Kier alpha value is -1.97. The Morgan fingerprint density at radius 1 is 1.15 bits per heavy atom. The number of hydrogen-bond donors (Lipinski definition) is 1. The Morgan fingerprint density at radius 2 is 1.70 bits per heavy atom.